The largest absolute Gasteiger partial charge is 0.479 e. The van der Waals surface area contributed by atoms with Crippen LogP contribution in [0.1, 0.15) is 64.7 Å². The second-order valence-electron chi connectivity index (χ2n) is 5.15. The zero-order valence-electron chi connectivity index (χ0n) is 12.2. The SMILES string of the molecule is CC(=O)NC(S)(CCCCCCCCCCS)C(=O)O. The van der Waals surface area contributed by atoms with E-state index in [1.54, 1.807) is 0 Å². The number of rotatable bonds is 12. The molecule has 6 heteroatoms. The third kappa shape index (κ3) is 9.53. The summed E-state index contributed by atoms with van der Waals surface area (Å²) in [6, 6.07) is 0. The number of carboxylic acid groups (broad SMARTS) is 1. The summed E-state index contributed by atoms with van der Waals surface area (Å²) in [7, 11) is 0. The minimum atomic E-state index is -1.43. The van der Waals surface area contributed by atoms with Crippen molar-refractivity contribution in [2.24, 2.45) is 0 Å². The Hall–Kier alpha value is -0.360. The lowest BCUT2D eigenvalue weighted by atomic mass is 10.0. The molecule has 0 aliphatic carbocycles. The van der Waals surface area contributed by atoms with Crippen molar-refractivity contribution in [1.82, 2.24) is 5.32 Å². The number of amides is 1. The van der Waals surface area contributed by atoms with Gasteiger partial charge in [-0.3, -0.25) is 4.79 Å². The molecule has 0 fully saturated rings. The Labute approximate surface area is 132 Å². The summed E-state index contributed by atoms with van der Waals surface area (Å²) in [6.07, 6.45) is 9.26. The van der Waals surface area contributed by atoms with E-state index in [4.69, 9.17) is 5.11 Å². The maximum absolute atomic E-state index is 11.1. The molecule has 1 atom stereocenters. The fourth-order valence-electron chi connectivity index (χ4n) is 2.07. The first-order chi connectivity index (χ1) is 9.42. The molecule has 0 aliphatic rings. The van der Waals surface area contributed by atoms with E-state index in [1.807, 2.05) is 0 Å². The van der Waals surface area contributed by atoms with Crippen LogP contribution in [-0.2, 0) is 9.59 Å². The van der Waals surface area contributed by atoms with E-state index in [0.717, 1.165) is 25.0 Å². The monoisotopic (exact) mass is 321 g/mol. The van der Waals surface area contributed by atoms with E-state index >= 15 is 0 Å². The topological polar surface area (TPSA) is 66.4 Å². The van der Waals surface area contributed by atoms with Crippen LogP contribution in [0.3, 0.4) is 0 Å². The minimum Gasteiger partial charge on any atom is -0.479 e. The number of hydrogen-bond donors (Lipinski definition) is 4. The van der Waals surface area contributed by atoms with Gasteiger partial charge in [0, 0.05) is 6.92 Å². The predicted octanol–water partition coefficient (Wildman–Crippen LogP) is 3.27. The van der Waals surface area contributed by atoms with Gasteiger partial charge in [0.05, 0.1) is 0 Å². The first kappa shape index (κ1) is 19.6. The van der Waals surface area contributed by atoms with Gasteiger partial charge >= 0.3 is 5.97 Å². The number of unbranched alkanes of at least 4 members (excludes halogenated alkanes) is 7. The molecule has 0 heterocycles. The second-order valence-corrected chi connectivity index (χ2v) is 6.36. The average molecular weight is 322 g/mol. The standard InChI is InChI=1S/C14H27NO3S2/c1-12(16)15-14(20,13(17)18)10-8-6-4-2-3-5-7-9-11-19/h19-20H,2-11H2,1H3,(H,15,16)(H,17,18). The molecule has 0 radical (unpaired) electrons. The van der Waals surface area contributed by atoms with Gasteiger partial charge in [-0.2, -0.15) is 12.6 Å². The Bertz CT molecular complexity index is 300. The van der Waals surface area contributed by atoms with Gasteiger partial charge in [-0.25, -0.2) is 4.79 Å². The summed E-state index contributed by atoms with van der Waals surface area (Å²) < 4.78 is 0. The molecule has 0 aliphatic heterocycles. The Morgan fingerprint density at radius 2 is 1.45 bits per heavy atom. The Morgan fingerprint density at radius 3 is 1.85 bits per heavy atom. The number of aliphatic carboxylic acids is 1. The number of thiol groups is 2. The molecule has 1 unspecified atom stereocenters. The molecule has 0 saturated carbocycles. The molecule has 0 rings (SSSR count). The van der Waals surface area contributed by atoms with Crippen molar-refractivity contribution in [3.05, 3.63) is 0 Å². The lowest BCUT2D eigenvalue weighted by Gasteiger charge is -2.24. The second kappa shape index (κ2) is 11.3. The fourth-order valence-corrected chi connectivity index (χ4v) is 2.61. The zero-order valence-corrected chi connectivity index (χ0v) is 14.0. The predicted molar refractivity (Wildman–Crippen MR) is 88.6 cm³/mol. The number of carbonyl (C=O) groups excluding carboxylic acids is 1. The summed E-state index contributed by atoms with van der Waals surface area (Å²) in [5.41, 5.74) is 0. The van der Waals surface area contributed by atoms with E-state index in [-0.39, 0.29) is 5.91 Å². The molecule has 0 aromatic rings. The summed E-state index contributed by atoms with van der Waals surface area (Å²) in [5.74, 6) is -0.503. The maximum Gasteiger partial charge on any atom is 0.339 e. The highest BCUT2D eigenvalue weighted by molar-refractivity contribution is 7.82. The van der Waals surface area contributed by atoms with Gasteiger partial charge < -0.3 is 10.4 Å². The normalized spacial score (nSPS) is 13.8. The van der Waals surface area contributed by atoms with E-state index in [0.29, 0.717) is 6.42 Å². The van der Waals surface area contributed by atoms with Crippen molar-refractivity contribution in [2.45, 2.75) is 69.6 Å². The van der Waals surface area contributed by atoms with Gasteiger partial charge in [0.25, 0.3) is 0 Å². The van der Waals surface area contributed by atoms with Crippen molar-refractivity contribution in [3.8, 4) is 0 Å². The highest BCUT2D eigenvalue weighted by Gasteiger charge is 2.34. The van der Waals surface area contributed by atoms with Crippen LogP contribution in [0.4, 0.5) is 0 Å². The van der Waals surface area contributed by atoms with Crippen molar-refractivity contribution in [1.29, 1.82) is 0 Å². The molecule has 0 aromatic heterocycles. The smallest absolute Gasteiger partial charge is 0.339 e. The molecule has 0 saturated heterocycles. The van der Waals surface area contributed by atoms with Crippen molar-refractivity contribution in [3.63, 3.8) is 0 Å². The molecular formula is C14H27NO3S2. The van der Waals surface area contributed by atoms with Gasteiger partial charge in [0.1, 0.15) is 0 Å². The highest BCUT2D eigenvalue weighted by atomic mass is 32.1. The van der Waals surface area contributed by atoms with Gasteiger partial charge in [-0.05, 0) is 25.0 Å². The molecule has 0 spiro atoms. The zero-order chi connectivity index (χ0) is 15.4. The van der Waals surface area contributed by atoms with Crippen LogP contribution in [-0.4, -0.2) is 27.6 Å². The first-order valence-corrected chi connectivity index (χ1v) is 8.35. The van der Waals surface area contributed by atoms with Crippen molar-refractivity contribution in [2.75, 3.05) is 5.75 Å². The van der Waals surface area contributed by atoms with E-state index in [2.05, 4.69) is 30.6 Å². The molecule has 118 valence electrons. The molecule has 0 bridgehead atoms. The van der Waals surface area contributed by atoms with E-state index in [9.17, 15) is 9.59 Å². The Balaban J connectivity index is 3.70. The quantitative estimate of drug-likeness (QED) is 0.253. The Morgan fingerprint density at radius 1 is 1.00 bits per heavy atom. The van der Waals surface area contributed by atoms with Gasteiger partial charge in [0.2, 0.25) is 5.91 Å². The highest BCUT2D eigenvalue weighted by Crippen LogP contribution is 2.21. The molecule has 4 nitrogen and oxygen atoms in total. The van der Waals surface area contributed by atoms with Crippen LogP contribution in [0.25, 0.3) is 0 Å². The number of carboxylic acids is 1. The van der Waals surface area contributed by atoms with Gasteiger partial charge in [-0.1, -0.05) is 38.5 Å². The molecule has 2 N–H and O–H groups in total. The van der Waals surface area contributed by atoms with Crippen LogP contribution in [0.5, 0.6) is 0 Å². The third-order valence-corrected chi connectivity index (χ3v) is 4.03. The van der Waals surface area contributed by atoms with Gasteiger partial charge in [-0.15, -0.1) is 12.6 Å². The third-order valence-electron chi connectivity index (χ3n) is 3.18. The summed E-state index contributed by atoms with van der Waals surface area (Å²) in [4.78, 5) is 20.7. The Kier molecular flexibility index (Phi) is 11.1. The summed E-state index contributed by atoms with van der Waals surface area (Å²) in [5, 5.41) is 11.5. The molecular weight excluding hydrogens is 294 g/mol. The molecule has 20 heavy (non-hydrogen) atoms. The number of carbonyl (C=O) groups is 2. The average Bonchev–Trinajstić information content (AvgIpc) is 2.35. The van der Waals surface area contributed by atoms with Crippen molar-refractivity contribution < 1.29 is 14.7 Å². The van der Waals surface area contributed by atoms with Crippen LogP contribution >= 0.6 is 25.3 Å². The number of hydrogen-bond acceptors (Lipinski definition) is 4. The van der Waals surface area contributed by atoms with Crippen molar-refractivity contribution >= 4 is 37.1 Å². The lowest BCUT2D eigenvalue weighted by molar-refractivity contribution is -0.143. The van der Waals surface area contributed by atoms with Crippen LogP contribution in [0.15, 0.2) is 0 Å². The summed E-state index contributed by atoms with van der Waals surface area (Å²) in [6.45, 7) is 1.30. The molecule has 1 amide bonds. The van der Waals surface area contributed by atoms with Crippen LogP contribution in [0.2, 0.25) is 0 Å². The number of nitrogens with one attached hydrogen (secondary N) is 1. The lowest BCUT2D eigenvalue weighted by Crippen LogP contribution is -2.49. The van der Waals surface area contributed by atoms with E-state index < -0.39 is 10.8 Å². The van der Waals surface area contributed by atoms with Crippen LogP contribution in [0, 0.1) is 0 Å². The van der Waals surface area contributed by atoms with Crippen LogP contribution < -0.4 is 5.32 Å². The fraction of sp³-hybridized carbons (Fsp3) is 0.857. The van der Waals surface area contributed by atoms with E-state index in [1.165, 1.54) is 39.0 Å². The van der Waals surface area contributed by atoms with Gasteiger partial charge in [0.15, 0.2) is 4.87 Å². The minimum absolute atomic E-state index is 0.352. The molecule has 0 aromatic carbocycles. The maximum atomic E-state index is 11.1. The first-order valence-electron chi connectivity index (χ1n) is 7.28. The summed E-state index contributed by atoms with van der Waals surface area (Å²) >= 11 is 8.27.